The second-order valence-electron chi connectivity index (χ2n) is 6.08. The summed E-state index contributed by atoms with van der Waals surface area (Å²) in [5.74, 6) is 0.390. The van der Waals surface area contributed by atoms with Crippen LogP contribution in [0.5, 0.6) is 5.75 Å². The molecule has 0 aliphatic heterocycles. The van der Waals surface area contributed by atoms with Crippen LogP contribution in [0.15, 0.2) is 66.7 Å². The molecule has 0 saturated heterocycles. The van der Waals surface area contributed by atoms with Gasteiger partial charge in [-0.25, -0.2) is 4.39 Å². The minimum absolute atomic E-state index is 0.0248. The molecule has 0 bridgehead atoms. The van der Waals surface area contributed by atoms with Crippen molar-refractivity contribution in [1.82, 2.24) is 0 Å². The summed E-state index contributed by atoms with van der Waals surface area (Å²) in [4.78, 5) is 10.3. The van der Waals surface area contributed by atoms with Crippen molar-refractivity contribution in [2.45, 2.75) is 6.61 Å². The van der Waals surface area contributed by atoms with Crippen molar-refractivity contribution in [3.63, 3.8) is 0 Å². The first kappa shape index (κ1) is 20.5. The number of hydrogen-bond donors (Lipinski definition) is 0. The van der Waals surface area contributed by atoms with Gasteiger partial charge < -0.3 is 4.74 Å². The summed E-state index contributed by atoms with van der Waals surface area (Å²) < 4.78 is 19.6. The zero-order valence-corrected chi connectivity index (χ0v) is 17.2. The number of non-ortho nitro benzene ring substituents is 1. The predicted octanol–water partition coefficient (Wildman–Crippen LogP) is 5.98. The van der Waals surface area contributed by atoms with Crippen molar-refractivity contribution >= 4 is 39.9 Å². The number of rotatable bonds is 6. The average molecular weight is 500 g/mol. The third kappa shape index (κ3) is 5.39. The summed E-state index contributed by atoms with van der Waals surface area (Å²) in [5, 5.41) is 20.2. The fourth-order valence-corrected chi connectivity index (χ4v) is 3.27. The molecule has 3 aromatic carbocycles. The topological polar surface area (TPSA) is 76.2 Å². The van der Waals surface area contributed by atoms with E-state index in [9.17, 15) is 19.8 Å². The van der Waals surface area contributed by atoms with Crippen LogP contribution in [0.4, 0.5) is 10.1 Å². The summed E-state index contributed by atoms with van der Waals surface area (Å²) in [7, 11) is 0. The van der Waals surface area contributed by atoms with Gasteiger partial charge >= 0.3 is 0 Å². The van der Waals surface area contributed by atoms with Gasteiger partial charge in [0.25, 0.3) is 5.69 Å². The van der Waals surface area contributed by atoms with Gasteiger partial charge in [0.1, 0.15) is 18.2 Å². The maximum atomic E-state index is 13.0. The third-order valence-corrected chi connectivity index (χ3v) is 4.93. The third-order valence-electron chi connectivity index (χ3n) is 4.08. The average Bonchev–Trinajstić information content (AvgIpc) is 2.72. The molecule has 0 aromatic heterocycles. The van der Waals surface area contributed by atoms with Crippen molar-refractivity contribution in [2.24, 2.45) is 0 Å². The molecule has 5 nitrogen and oxygen atoms in total. The number of hydrogen-bond acceptors (Lipinski definition) is 4. The lowest BCUT2D eigenvalue weighted by molar-refractivity contribution is -0.384. The normalized spacial score (nSPS) is 11.0. The van der Waals surface area contributed by atoms with Gasteiger partial charge in [-0.1, -0.05) is 18.2 Å². The Morgan fingerprint density at radius 3 is 2.41 bits per heavy atom. The van der Waals surface area contributed by atoms with Crippen molar-refractivity contribution < 1.29 is 14.1 Å². The van der Waals surface area contributed by atoms with E-state index in [0.29, 0.717) is 23.5 Å². The Bertz CT molecular complexity index is 1100. The molecule has 0 spiro atoms. The summed E-state index contributed by atoms with van der Waals surface area (Å²) >= 11 is 2.15. The highest BCUT2D eigenvalue weighted by molar-refractivity contribution is 14.1. The van der Waals surface area contributed by atoms with Crippen molar-refractivity contribution in [3.8, 4) is 11.8 Å². The van der Waals surface area contributed by atoms with E-state index < -0.39 is 4.92 Å². The highest BCUT2D eigenvalue weighted by Crippen LogP contribution is 2.26. The minimum atomic E-state index is -0.480. The molecule has 0 atom stereocenters. The van der Waals surface area contributed by atoms with E-state index >= 15 is 0 Å². The van der Waals surface area contributed by atoms with Crippen LogP contribution >= 0.6 is 22.6 Å². The highest BCUT2D eigenvalue weighted by atomic mass is 127. The molecule has 29 heavy (non-hydrogen) atoms. The number of nitro groups is 1. The van der Waals surface area contributed by atoms with E-state index in [1.807, 2.05) is 18.2 Å². The quantitative estimate of drug-likeness (QED) is 0.137. The Kier molecular flexibility index (Phi) is 6.57. The molecule has 3 aromatic rings. The fourth-order valence-electron chi connectivity index (χ4n) is 2.58. The second kappa shape index (κ2) is 9.30. The van der Waals surface area contributed by atoms with Gasteiger partial charge in [0.05, 0.1) is 20.1 Å². The maximum absolute atomic E-state index is 13.0. The van der Waals surface area contributed by atoms with E-state index in [1.165, 1.54) is 24.3 Å². The number of benzene rings is 3. The van der Waals surface area contributed by atoms with Crippen LogP contribution in [0.2, 0.25) is 0 Å². The molecular formula is C22H14FIN2O3. The van der Waals surface area contributed by atoms with Crippen LogP contribution in [0.3, 0.4) is 0 Å². The van der Waals surface area contributed by atoms with Gasteiger partial charge in [-0.05, 0) is 81.8 Å². The molecule has 0 saturated carbocycles. The Morgan fingerprint density at radius 2 is 1.83 bits per heavy atom. The molecule has 0 amide bonds. The molecule has 0 aliphatic carbocycles. The lowest BCUT2D eigenvalue weighted by Crippen LogP contribution is -1.97. The van der Waals surface area contributed by atoms with Crippen molar-refractivity contribution in [2.75, 3.05) is 0 Å². The van der Waals surface area contributed by atoms with Gasteiger partial charge in [-0.2, -0.15) is 5.26 Å². The molecule has 144 valence electrons. The number of nitro benzene ring substituents is 1. The lowest BCUT2D eigenvalue weighted by Gasteiger charge is -2.09. The van der Waals surface area contributed by atoms with Gasteiger partial charge in [0, 0.05) is 12.1 Å². The molecule has 7 heteroatoms. The number of ether oxygens (including phenoxy) is 1. The Hall–Kier alpha value is -3.25. The summed E-state index contributed by atoms with van der Waals surface area (Å²) in [6, 6.07) is 19.6. The monoisotopic (exact) mass is 500 g/mol. The maximum Gasteiger partial charge on any atom is 0.269 e. The summed E-state index contributed by atoms with van der Waals surface area (Å²) in [6.45, 7) is 0.317. The van der Waals surface area contributed by atoms with Crippen LogP contribution in [-0.4, -0.2) is 4.92 Å². The lowest BCUT2D eigenvalue weighted by atomic mass is 10.0. The number of halogens is 2. The predicted molar refractivity (Wildman–Crippen MR) is 116 cm³/mol. The van der Waals surface area contributed by atoms with E-state index in [0.717, 1.165) is 14.7 Å². The standard InChI is InChI=1S/C22H14FIN2O3/c23-19-6-1-15(2-7-19)14-29-22-10-3-16(12-21(22)24)11-18(13-25)17-4-8-20(9-5-17)26(27)28/h1-12H,14H2/b18-11-. The smallest absolute Gasteiger partial charge is 0.269 e. The zero-order valence-electron chi connectivity index (χ0n) is 15.0. The van der Waals surface area contributed by atoms with Crippen molar-refractivity contribution in [3.05, 3.63) is 103 Å². The van der Waals surface area contributed by atoms with E-state index in [-0.39, 0.29) is 11.5 Å². The van der Waals surface area contributed by atoms with E-state index in [1.54, 1.807) is 30.3 Å². The summed E-state index contributed by atoms with van der Waals surface area (Å²) in [6.07, 6.45) is 1.72. The number of allylic oxidation sites excluding steroid dienone is 1. The molecule has 0 radical (unpaired) electrons. The van der Waals surface area contributed by atoms with Gasteiger partial charge in [0.15, 0.2) is 0 Å². The molecule has 0 heterocycles. The largest absolute Gasteiger partial charge is 0.488 e. The fraction of sp³-hybridized carbons (Fsp3) is 0.0455. The second-order valence-corrected chi connectivity index (χ2v) is 7.24. The van der Waals surface area contributed by atoms with Crippen LogP contribution < -0.4 is 4.74 Å². The summed E-state index contributed by atoms with van der Waals surface area (Å²) in [5.41, 5.74) is 2.64. The Labute approximate surface area is 180 Å². The van der Waals surface area contributed by atoms with Crippen molar-refractivity contribution in [1.29, 1.82) is 5.26 Å². The van der Waals surface area contributed by atoms with Gasteiger partial charge in [-0.15, -0.1) is 0 Å². The number of nitrogens with zero attached hydrogens (tertiary/aromatic N) is 2. The number of nitriles is 1. The van der Waals surface area contributed by atoms with E-state index in [2.05, 4.69) is 28.7 Å². The Morgan fingerprint density at radius 1 is 1.14 bits per heavy atom. The molecule has 3 rings (SSSR count). The van der Waals surface area contributed by atoms with Gasteiger partial charge in [-0.3, -0.25) is 10.1 Å². The molecular weight excluding hydrogens is 486 g/mol. The minimum Gasteiger partial charge on any atom is -0.488 e. The first-order valence-corrected chi connectivity index (χ1v) is 9.57. The molecule has 0 N–H and O–H groups in total. The van der Waals surface area contributed by atoms with Gasteiger partial charge in [0.2, 0.25) is 0 Å². The van der Waals surface area contributed by atoms with Crippen LogP contribution in [0.1, 0.15) is 16.7 Å². The highest BCUT2D eigenvalue weighted by Gasteiger charge is 2.08. The zero-order chi connectivity index (χ0) is 20.8. The van der Waals surface area contributed by atoms with Crippen LogP contribution in [-0.2, 0) is 6.61 Å². The molecule has 0 fully saturated rings. The first-order chi connectivity index (χ1) is 14.0. The Balaban J connectivity index is 1.76. The first-order valence-electron chi connectivity index (χ1n) is 8.49. The SMILES string of the molecule is N#C/C(=C/c1ccc(OCc2ccc(F)cc2)c(I)c1)c1ccc([N+](=O)[O-])cc1. The van der Waals surface area contributed by atoms with E-state index in [4.69, 9.17) is 4.74 Å². The van der Waals surface area contributed by atoms with Crippen LogP contribution in [0.25, 0.3) is 11.6 Å². The van der Waals surface area contributed by atoms with Crippen LogP contribution in [0, 0.1) is 30.8 Å². The molecule has 0 unspecified atom stereocenters. The molecule has 0 aliphatic rings.